The van der Waals surface area contributed by atoms with Crippen LogP contribution in [0.5, 0.6) is 0 Å². The lowest BCUT2D eigenvalue weighted by molar-refractivity contribution is 0.226. The van der Waals surface area contributed by atoms with Crippen molar-refractivity contribution in [2.45, 2.75) is 31.6 Å². The van der Waals surface area contributed by atoms with Gasteiger partial charge in [-0.1, -0.05) is 25.4 Å². The van der Waals surface area contributed by atoms with Gasteiger partial charge in [-0.3, -0.25) is 4.79 Å². The van der Waals surface area contributed by atoms with E-state index in [9.17, 15) is 13.2 Å². The van der Waals surface area contributed by atoms with Gasteiger partial charge >= 0.3 is 0 Å². The third-order valence-electron chi connectivity index (χ3n) is 3.91. The number of hydrogen-bond acceptors (Lipinski definition) is 3. The SMILES string of the molecule is CC(C)C1CCN(S(=O)(=O)c2c[nH]c(=O)c(Cl)c2)CC1. The predicted molar refractivity (Wildman–Crippen MR) is 78.4 cm³/mol. The average Bonchev–Trinajstić information content (AvgIpc) is 2.41. The molecule has 1 fully saturated rings. The Morgan fingerprint density at radius 2 is 1.95 bits per heavy atom. The Morgan fingerprint density at radius 1 is 1.35 bits per heavy atom. The monoisotopic (exact) mass is 318 g/mol. The van der Waals surface area contributed by atoms with Crippen LogP contribution in [0.4, 0.5) is 0 Å². The zero-order valence-corrected chi connectivity index (χ0v) is 13.2. The van der Waals surface area contributed by atoms with E-state index in [0.717, 1.165) is 12.8 Å². The molecule has 0 aliphatic carbocycles. The van der Waals surface area contributed by atoms with Crippen LogP contribution in [0.25, 0.3) is 0 Å². The molecule has 1 saturated heterocycles. The van der Waals surface area contributed by atoms with E-state index in [2.05, 4.69) is 18.8 Å². The third-order valence-corrected chi connectivity index (χ3v) is 6.07. The zero-order valence-electron chi connectivity index (χ0n) is 11.6. The summed E-state index contributed by atoms with van der Waals surface area (Å²) in [5.41, 5.74) is -0.482. The van der Waals surface area contributed by atoms with Gasteiger partial charge in [-0.15, -0.1) is 0 Å². The molecular formula is C13H19ClN2O3S. The number of nitrogens with one attached hydrogen (secondary N) is 1. The van der Waals surface area contributed by atoms with Crippen LogP contribution >= 0.6 is 11.6 Å². The molecule has 5 nitrogen and oxygen atoms in total. The summed E-state index contributed by atoms with van der Waals surface area (Å²) in [7, 11) is -3.57. The Morgan fingerprint density at radius 3 is 2.45 bits per heavy atom. The summed E-state index contributed by atoms with van der Waals surface area (Å²) in [6.45, 7) is 5.36. The molecule has 2 rings (SSSR count). The second-order valence-electron chi connectivity index (χ2n) is 5.50. The number of hydrogen-bond donors (Lipinski definition) is 1. The van der Waals surface area contributed by atoms with Crippen molar-refractivity contribution in [3.63, 3.8) is 0 Å². The van der Waals surface area contributed by atoms with Gasteiger partial charge in [0.15, 0.2) is 0 Å². The van der Waals surface area contributed by atoms with Crippen molar-refractivity contribution in [3.05, 3.63) is 27.6 Å². The van der Waals surface area contributed by atoms with Gasteiger partial charge in [0.05, 0.1) is 4.90 Å². The largest absolute Gasteiger partial charge is 0.326 e. The van der Waals surface area contributed by atoms with E-state index in [-0.39, 0.29) is 9.92 Å². The van der Waals surface area contributed by atoms with Gasteiger partial charge in [-0.2, -0.15) is 4.31 Å². The number of halogens is 1. The first-order valence-corrected chi connectivity index (χ1v) is 8.52. The Hall–Kier alpha value is -0.850. The summed E-state index contributed by atoms with van der Waals surface area (Å²) in [6, 6.07) is 1.21. The van der Waals surface area contributed by atoms with E-state index < -0.39 is 15.6 Å². The molecule has 1 aliphatic heterocycles. The number of aromatic nitrogens is 1. The molecule has 0 atom stereocenters. The summed E-state index contributed by atoms with van der Waals surface area (Å²) in [5, 5.41) is -0.108. The maximum atomic E-state index is 12.5. The minimum absolute atomic E-state index is 0.0464. The maximum Gasteiger partial charge on any atom is 0.266 e. The van der Waals surface area contributed by atoms with Crippen LogP contribution in [0.15, 0.2) is 22.0 Å². The van der Waals surface area contributed by atoms with Crippen LogP contribution in [0.3, 0.4) is 0 Å². The quantitative estimate of drug-likeness (QED) is 0.927. The van der Waals surface area contributed by atoms with Crippen molar-refractivity contribution < 1.29 is 8.42 Å². The zero-order chi connectivity index (χ0) is 14.9. The number of pyridine rings is 1. The van der Waals surface area contributed by atoms with Crippen molar-refractivity contribution >= 4 is 21.6 Å². The predicted octanol–water partition coefficient (Wildman–Crippen LogP) is 2.08. The molecule has 20 heavy (non-hydrogen) atoms. The highest BCUT2D eigenvalue weighted by molar-refractivity contribution is 7.89. The minimum Gasteiger partial charge on any atom is -0.326 e. The summed E-state index contributed by atoms with van der Waals surface area (Å²) >= 11 is 5.70. The lowest BCUT2D eigenvalue weighted by atomic mass is 9.87. The summed E-state index contributed by atoms with van der Waals surface area (Å²) in [6.07, 6.45) is 2.94. The molecule has 0 bridgehead atoms. The fourth-order valence-corrected chi connectivity index (χ4v) is 4.22. The van der Waals surface area contributed by atoms with Crippen LogP contribution in [-0.4, -0.2) is 30.8 Å². The molecule has 112 valence electrons. The minimum atomic E-state index is -3.57. The first-order valence-electron chi connectivity index (χ1n) is 6.70. The molecule has 0 aromatic carbocycles. The first-order chi connectivity index (χ1) is 9.32. The molecular weight excluding hydrogens is 300 g/mol. The molecule has 1 aromatic rings. The standard InChI is InChI=1S/C13H19ClN2O3S/c1-9(2)10-3-5-16(6-4-10)20(18,19)11-7-12(14)13(17)15-8-11/h7-10H,3-6H2,1-2H3,(H,15,17). The van der Waals surface area contributed by atoms with Gasteiger partial charge in [0, 0.05) is 19.3 Å². The van der Waals surface area contributed by atoms with Crippen molar-refractivity contribution in [1.29, 1.82) is 0 Å². The lowest BCUT2D eigenvalue weighted by Gasteiger charge is -2.33. The highest BCUT2D eigenvalue weighted by Gasteiger charge is 2.30. The Balaban J connectivity index is 2.19. The van der Waals surface area contributed by atoms with E-state index in [1.165, 1.54) is 16.6 Å². The van der Waals surface area contributed by atoms with Crippen molar-refractivity contribution in [1.82, 2.24) is 9.29 Å². The van der Waals surface area contributed by atoms with Crippen LogP contribution in [0, 0.1) is 11.8 Å². The van der Waals surface area contributed by atoms with Gasteiger partial charge in [-0.25, -0.2) is 8.42 Å². The fraction of sp³-hybridized carbons (Fsp3) is 0.615. The Bertz CT molecular complexity index is 631. The molecule has 0 saturated carbocycles. The number of aromatic amines is 1. The van der Waals surface area contributed by atoms with Crippen LogP contribution < -0.4 is 5.56 Å². The highest BCUT2D eigenvalue weighted by Crippen LogP contribution is 2.28. The topological polar surface area (TPSA) is 70.2 Å². The number of piperidine rings is 1. The van der Waals surface area contributed by atoms with Crippen LogP contribution in [0.2, 0.25) is 5.02 Å². The third kappa shape index (κ3) is 3.07. The second-order valence-corrected chi connectivity index (χ2v) is 7.84. The van der Waals surface area contributed by atoms with Gasteiger partial charge in [0.2, 0.25) is 10.0 Å². The van der Waals surface area contributed by atoms with Crippen molar-refractivity contribution in [2.24, 2.45) is 11.8 Å². The second kappa shape index (κ2) is 5.87. The van der Waals surface area contributed by atoms with E-state index >= 15 is 0 Å². The number of sulfonamides is 1. The molecule has 1 aliphatic rings. The Labute approximate surface area is 124 Å². The normalized spacial score (nSPS) is 18.6. The number of H-pyrrole nitrogens is 1. The number of nitrogens with zero attached hydrogens (tertiary/aromatic N) is 1. The fourth-order valence-electron chi connectivity index (χ4n) is 2.52. The van der Waals surface area contributed by atoms with Gasteiger partial charge in [0.1, 0.15) is 5.02 Å². The van der Waals surface area contributed by atoms with Gasteiger partial charge < -0.3 is 4.98 Å². The van der Waals surface area contributed by atoms with Crippen molar-refractivity contribution in [2.75, 3.05) is 13.1 Å². The summed E-state index contributed by atoms with van der Waals surface area (Å²) in [4.78, 5) is 13.6. The van der Waals surface area contributed by atoms with E-state index in [0.29, 0.717) is 24.9 Å². The van der Waals surface area contributed by atoms with Crippen LogP contribution in [-0.2, 0) is 10.0 Å². The molecule has 7 heteroatoms. The molecule has 0 amide bonds. The highest BCUT2D eigenvalue weighted by atomic mass is 35.5. The molecule has 0 unspecified atom stereocenters. The molecule has 0 radical (unpaired) electrons. The Kier molecular flexibility index (Phi) is 4.56. The van der Waals surface area contributed by atoms with Gasteiger partial charge in [-0.05, 0) is 30.7 Å². The average molecular weight is 319 g/mol. The molecule has 1 N–H and O–H groups in total. The smallest absolute Gasteiger partial charge is 0.266 e. The first kappa shape index (κ1) is 15.5. The molecule has 1 aromatic heterocycles. The van der Waals surface area contributed by atoms with E-state index in [4.69, 9.17) is 11.6 Å². The molecule has 0 spiro atoms. The summed E-state index contributed by atoms with van der Waals surface area (Å²) in [5.74, 6) is 1.14. The summed E-state index contributed by atoms with van der Waals surface area (Å²) < 4.78 is 26.4. The van der Waals surface area contributed by atoms with Crippen LogP contribution in [0.1, 0.15) is 26.7 Å². The van der Waals surface area contributed by atoms with Gasteiger partial charge in [0.25, 0.3) is 5.56 Å². The van der Waals surface area contributed by atoms with E-state index in [1.807, 2.05) is 0 Å². The van der Waals surface area contributed by atoms with Crippen molar-refractivity contribution in [3.8, 4) is 0 Å². The molecule has 2 heterocycles. The maximum absolute atomic E-state index is 12.5. The lowest BCUT2D eigenvalue weighted by Crippen LogP contribution is -2.39. The number of rotatable bonds is 3. The van der Waals surface area contributed by atoms with E-state index in [1.54, 1.807) is 0 Å².